The van der Waals surface area contributed by atoms with Gasteiger partial charge in [-0.2, -0.15) is 0 Å². The fourth-order valence-corrected chi connectivity index (χ4v) is 1.41. The van der Waals surface area contributed by atoms with E-state index in [1.54, 1.807) is 0 Å². The lowest BCUT2D eigenvalue weighted by Crippen LogP contribution is -2.14. The maximum absolute atomic E-state index is 12.9. The summed E-state index contributed by atoms with van der Waals surface area (Å²) in [7, 11) is 0. The Morgan fingerprint density at radius 2 is 2.14 bits per heavy atom. The van der Waals surface area contributed by atoms with E-state index in [-0.39, 0.29) is 10.0 Å². The molecule has 0 aliphatic carbocycles. The maximum Gasteiger partial charge on any atom is 0.299 e. The molecule has 0 aliphatic heterocycles. The standard InChI is InChI=1S/C7H4BrFN2O3/c8-5-4(9)2-1-3(7(10)12)6(5)11(13)14/h1-2H,(H2,10,12). The quantitative estimate of drug-likeness (QED) is 0.649. The average Bonchev–Trinajstić information content (AvgIpc) is 2.08. The maximum atomic E-state index is 12.9. The summed E-state index contributed by atoms with van der Waals surface area (Å²) in [6.07, 6.45) is 0. The molecule has 1 rings (SSSR count). The number of nitro benzene ring substituents is 1. The lowest BCUT2D eigenvalue weighted by atomic mass is 10.1. The minimum atomic E-state index is -0.975. The number of hydrogen-bond donors (Lipinski definition) is 1. The van der Waals surface area contributed by atoms with Gasteiger partial charge in [-0.1, -0.05) is 0 Å². The number of nitrogens with zero attached hydrogens (tertiary/aromatic N) is 1. The van der Waals surface area contributed by atoms with Crippen molar-refractivity contribution in [2.45, 2.75) is 0 Å². The van der Waals surface area contributed by atoms with Gasteiger partial charge in [-0.05, 0) is 28.1 Å². The molecule has 0 fully saturated rings. The van der Waals surface area contributed by atoms with Gasteiger partial charge in [0.1, 0.15) is 15.9 Å². The van der Waals surface area contributed by atoms with Crippen LogP contribution in [0.15, 0.2) is 16.6 Å². The second kappa shape index (κ2) is 3.70. The molecular weight excluding hydrogens is 259 g/mol. The van der Waals surface area contributed by atoms with Gasteiger partial charge in [0.2, 0.25) is 0 Å². The summed E-state index contributed by atoms with van der Waals surface area (Å²) in [4.78, 5) is 20.4. The van der Waals surface area contributed by atoms with Crippen LogP contribution < -0.4 is 5.73 Å². The summed E-state index contributed by atoms with van der Waals surface area (Å²) in [6, 6.07) is 1.90. The van der Waals surface area contributed by atoms with Crippen LogP contribution in [0.25, 0.3) is 0 Å². The van der Waals surface area contributed by atoms with Gasteiger partial charge in [0, 0.05) is 0 Å². The number of hydrogen-bond acceptors (Lipinski definition) is 3. The largest absolute Gasteiger partial charge is 0.365 e. The van der Waals surface area contributed by atoms with Gasteiger partial charge in [0.05, 0.1) is 4.92 Å². The third-order valence-electron chi connectivity index (χ3n) is 1.52. The minimum Gasteiger partial charge on any atom is -0.365 e. The highest BCUT2D eigenvalue weighted by atomic mass is 79.9. The van der Waals surface area contributed by atoms with Crippen molar-refractivity contribution in [3.05, 3.63) is 38.1 Å². The SMILES string of the molecule is NC(=O)c1ccc(F)c(Br)c1[N+](=O)[O-]. The van der Waals surface area contributed by atoms with Crippen molar-refractivity contribution in [1.29, 1.82) is 0 Å². The van der Waals surface area contributed by atoms with Crippen molar-refractivity contribution in [2.75, 3.05) is 0 Å². The molecule has 0 atom stereocenters. The Morgan fingerprint density at radius 3 is 2.57 bits per heavy atom. The van der Waals surface area contributed by atoms with E-state index in [2.05, 4.69) is 15.9 Å². The molecular formula is C7H4BrFN2O3. The monoisotopic (exact) mass is 262 g/mol. The number of carbonyl (C=O) groups excluding carboxylic acids is 1. The van der Waals surface area contributed by atoms with Gasteiger partial charge < -0.3 is 5.73 Å². The molecule has 14 heavy (non-hydrogen) atoms. The molecule has 0 unspecified atom stereocenters. The Kier molecular flexibility index (Phi) is 2.80. The van der Waals surface area contributed by atoms with E-state index in [1.807, 2.05) is 0 Å². The summed E-state index contributed by atoms with van der Waals surface area (Å²) >= 11 is 2.68. The molecule has 74 valence electrons. The lowest BCUT2D eigenvalue weighted by Gasteiger charge is -2.01. The van der Waals surface area contributed by atoms with Crippen molar-refractivity contribution in [3.8, 4) is 0 Å². The third kappa shape index (κ3) is 1.72. The lowest BCUT2D eigenvalue weighted by molar-refractivity contribution is -0.386. The molecule has 0 radical (unpaired) electrons. The first-order chi connectivity index (χ1) is 6.45. The Balaban J connectivity index is 3.53. The molecule has 0 heterocycles. The Morgan fingerprint density at radius 1 is 1.57 bits per heavy atom. The van der Waals surface area contributed by atoms with Crippen molar-refractivity contribution >= 4 is 27.5 Å². The zero-order chi connectivity index (χ0) is 10.9. The van der Waals surface area contributed by atoms with Crippen LogP contribution in [0.1, 0.15) is 10.4 Å². The average molecular weight is 263 g/mol. The molecule has 5 nitrogen and oxygen atoms in total. The Hall–Kier alpha value is -1.50. The highest BCUT2D eigenvalue weighted by Gasteiger charge is 2.24. The van der Waals surface area contributed by atoms with Crippen molar-refractivity contribution in [3.63, 3.8) is 0 Å². The smallest absolute Gasteiger partial charge is 0.299 e. The number of amides is 1. The molecule has 0 aromatic heterocycles. The topological polar surface area (TPSA) is 86.2 Å². The molecule has 0 saturated carbocycles. The molecule has 0 bridgehead atoms. The van der Waals surface area contributed by atoms with Crippen molar-refractivity contribution in [1.82, 2.24) is 0 Å². The number of primary amides is 1. The van der Waals surface area contributed by atoms with E-state index in [4.69, 9.17) is 5.73 Å². The highest BCUT2D eigenvalue weighted by molar-refractivity contribution is 9.10. The molecule has 1 aromatic carbocycles. The molecule has 1 aromatic rings. The molecule has 7 heteroatoms. The molecule has 0 aliphatic rings. The number of halogens is 2. The first-order valence-electron chi connectivity index (χ1n) is 3.37. The van der Waals surface area contributed by atoms with E-state index < -0.39 is 22.3 Å². The Bertz CT molecular complexity index is 422. The van der Waals surface area contributed by atoms with E-state index in [0.29, 0.717) is 0 Å². The third-order valence-corrected chi connectivity index (χ3v) is 2.27. The van der Waals surface area contributed by atoms with Crippen LogP contribution in [-0.2, 0) is 0 Å². The zero-order valence-electron chi connectivity index (χ0n) is 6.66. The summed E-state index contributed by atoms with van der Waals surface area (Å²) in [5.74, 6) is -1.79. The fourth-order valence-electron chi connectivity index (χ4n) is 0.917. The van der Waals surface area contributed by atoms with Crippen LogP contribution in [0.3, 0.4) is 0 Å². The van der Waals surface area contributed by atoms with Crippen LogP contribution in [-0.4, -0.2) is 10.8 Å². The van der Waals surface area contributed by atoms with E-state index >= 15 is 0 Å². The number of benzene rings is 1. The van der Waals surface area contributed by atoms with E-state index in [0.717, 1.165) is 12.1 Å². The van der Waals surface area contributed by atoms with Gasteiger partial charge in [-0.25, -0.2) is 4.39 Å². The van der Waals surface area contributed by atoms with Gasteiger partial charge in [-0.15, -0.1) is 0 Å². The number of carbonyl (C=O) groups is 1. The predicted molar refractivity (Wildman–Crippen MR) is 49.3 cm³/mol. The predicted octanol–water partition coefficient (Wildman–Crippen LogP) is 1.60. The second-order valence-corrected chi connectivity index (χ2v) is 3.17. The summed E-state index contributed by atoms with van der Waals surface area (Å²) in [6.45, 7) is 0. The molecule has 0 saturated heterocycles. The van der Waals surface area contributed by atoms with Crippen LogP contribution in [0.4, 0.5) is 10.1 Å². The summed E-state index contributed by atoms with van der Waals surface area (Å²) < 4.78 is 12.5. The van der Waals surface area contributed by atoms with Gasteiger partial charge in [0.25, 0.3) is 11.6 Å². The zero-order valence-corrected chi connectivity index (χ0v) is 8.25. The molecule has 1 amide bonds. The fraction of sp³-hybridized carbons (Fsp3) is 0. The normalized spacial score (nSPS) is 9.86. The second-order valence-electron chi connectivity index (χ2n) is 2.38. The first kappa shape index (κ1) is 10.6. The van der Waals surface area contributed by atoms with Gasteiger partial charge in [-0.3, -0.25) is 14.9 Å². The van der Waals surface area contributed by atoms with Gasteiger partial charge in [0.15, 0.2) is 0 Å². The Labute approximate surface area is 86.0 Å². The van der Waals surface area contributed by atoms with Crippen LogP contribution in [0.5, 0.6) is 0 Å². The molecule has 0 spiro atoms. The summed E-state index contributed by atoms with van der Waals surface area (Å²) in [5.41, 5.74) is 3.90. The van der Waals surface area contributed by atoms with Gasteiger partial charge >= 0.3 is 0 Å². The molecule has 2 N–H and O–H groups in total. The highest BCUT2D eigenvalue weighted by Crippen LogP contribution is 2.30. The number of rotatable bonds is 2. The van der Waals surface area contributed by atoms with Crippen molar-refractivity contribution in [2.24, 2.45) is 5.73 Å². The number of nitro groups is 1. The van der Waals surface area contributed by atoms with E-state index in [9.17, 15) is 19.3 Å². The minimum absolute atomic E-state index is 0.330. The van der Waals surface area contributed by atoms with Crippen molar-refractivity contribution < 1.29 is 14.1 Å². The number of nitrogens with two attached hydrogens (primary N) is 1. The van der Waals surface area contributed by atoms with E-state index in [1.165, 1.54) is 0 Å². The first-order valence-corrected chi connectivity index (χ1v) is 4.16. The summed E-state index contributed by atoms with van der Waals surface area (Å²) in [5, 5.41) is 10.5. The van der Waals surface area contributed by atoms with Crippen LogP contribution >= 0.6 is 15.9 Å². The van der Waals surface area contributed by atoms with Crippen LogP contribution in [0, 0.1) is 15.9 Å². The van der Waals surface area contributed by atoms with Crippen LogP contribution in [0.2, 0.25) is 0 Å².